The third-order valence-corrected chi connectivity index (χ3v) is 2.14. The number of nitrogens with two attached hydrogens (primary N) is 1. The molecule has 0 bridgehead atoms. The van der Waals surface area contributed by atoms with Crippen molar-refractivity contribution in [3.05, 3.63) is 0 Å². The van der Waals surface area contributed by atoms with Gasteiger partial charge in [-0.05, 0) is 13.8 Å². The maximum absolute atomic E-state index is 8.25. The Kier molecular flexibility index (Phi) is 4.39. The molecule has 6 heteroatoms. The first-order valence-corrected chi connectivity index (χ1v) is 4.12. The molecule has 0 saturated heterocycles. The number of hydrogen-bond donors (Lipinski definition) is 3. The molecule has 0 aromatic rings. The van der Waals surface area contributed by atoms with E-state index < -0.39 is 0 Å². The summed E-state index contributed by atoms with van der Waals surface area (Å²) in [7, 11) is 0. The highest BCUT2D eigenvalue weighted by atomic mass is 32.2. The first-order chi connectivity index (χ1) is 5.02. The molecule has 0 radical (unpaired) electrons. The van der Waals surface area contributed by atoms with E-state index in [0.29, 0.717) is 4.32 Å². The third kappa shape index (κ3) is 5.00. The van der Waals surface area contributed by atoms with Crippen molar-refractivity contribution in [2.45, 2.75) is 18.6 Å². The van der Waals surface area contributed by atoms with Crippen LogP contribution in [-0.2, 0) is 0 Å². The van der Waals surface area contributed by atoms with Crippen LogP contribution in [0.1, 0.15) is 13.8 Å². The number of rotatable bonds is 2. The molecule has 0 atom stereocenters. The van der Waals surface area contributed by atoms with Crippen LogP contribution in [0.25, 0.3) is 0 Å². The van der Waals surface area contributed by atoms with Gasteiger partial charge in [-0.1, -0.05) is 24.0 Å². The molecule has 0 aromatic heterocycles. The summed E-state index contributed by atoms with van der Waals surface area (Å²) in [6.45, 7) is 3.72. The van der Waals surface area contributed by atoms with Crippen molar-refractivity contribution >= 4 is 34.5 Å². The highest BCUT2D eigenvalue weighted by Gasteiger charge is 2.17. The van der Waals surface area contributed by atoms with E-state index in [1.807, 2.05) is 13.8 Å². The summed E-state index contributed by atoms with van der Waals surface area (Å²) >= 11 is 6.11. The monoisotopic (exact) mass is 193 g/mol. The van der Waals surface area contributed by atoms with E-state index in [-0.39, 0.29) is 4.75 Å². The first kappa shape index (κ1) is 10.7. The normalized spacial score (nSPS) is 11.9. The predicted molar refractivity (Wildman–Crippen MR) is 51.9 cm³/mol. The molecule has 0 amide bonds. The highest BCUT2D eigenvalue weighted by molar-refractivity contribution is 8.24. The number of nitrogens with one attached hydrogen (secondary N) is 1. The number of nitrogens with zero attached hydrogens (tertiary/aromatic N) is 1. The zero-order valence-electron chi connectivity index (χ0n) is 6.37. The zero-order chi connectivity index (χ0) is 8.91. The average Bonchev–Trinajstić information content (AvgIpc) is 1.86. The fourth-order valence-electron chi connectivity index (χ4n) is 0.434. The second kappa shape index (κ2) is 4.53. The second-order valence-electron chi connectivity index (χ2n) is 2.38. The average molecular weight is 193 g/mol. The summed E-state index contributed by atoms with van der Waals surface area (Å²) in [5.74, 6) is 5.06. The van der Waals surface area contributed by atoms with E-state index in [2.05, 4.69) is 10.6 Å². The van der Waals surface area contributed by atoms with Crippen LogP contribution in [0, 0.1) is 0 Å². The molecular formula is C5H11N3OS2. The second-order valence-corrected chi connectivity index (χ2v) is 4.71. The van der Waals surface area contributed by atoms with Gasteiger partial charge in [0, 0.05) is 0 Å². The van der Waals surface area contributed by atoms with E-state index in [4.69, 9.17) is 23.3 Å². The van der Waals surface area contributed by atoms with E-state index in [1.54, 1.807) is 0 Å². The molecule has 0 aliphatic heterocycles. The Morgan fingerprint density at radius 1 is 1.82 bits per heavy atom. The number of hydrazine groups is 1. The van der Waals surface area contributed by atoms with Gasteiger partial charge in [0.25, 0.3) is 0 Å². The van der Waals surface area contributed by atoms with Crippen molar-refractivity contribution in [1.82, 2.24) is 5.43 Å². The summed E-state index contributed by atoms with van der Waals surface area (Å²) in [6.07, 6.45) is 1.39. The van der Waals surface area contributed by atoms with Gasteiger partial charge in [0.15, 0.2) is 0 Å². The zero-order valence-corrected chi connectivity index (χ0v) is 8.00. The molecule has 0 aliphatic carbocycles. The lowest BCUT2D eigenvalue weighted by atomic mass is 10.2. The van der Waals surface area contributed by atoms with Gasteiger partial charge in [-0.25, -0.2) is 5.84 Å². The molecule has 0 fully saturated rings. The van der Waals surface area contributed by atoms with E-state index in [0.717, 1.165) is 0 Å². The van der Waals surface area contributed by atoms with E-state index in [1.165, 1.54) is 18.0 Å². The van der Waals surface area contributed by atoms with Crippen molar-refractivity contribution in [2.75, 3.05) is 0 Å². The van der Waals surface area contributed by atoms with Crippen LogP contribution in [0.15, 0.2) is 5.16 Å². The van der Waals surface area contributed by atoms with E-state index in [9.17, 15) is 0 Å². The molecule has 0 saturated carbocycles. The van der Waals surface area contributed by atoms with Gasteiger partial charge in [0.2, 0.25) is 0 Å². The van der Waals surface area contributed by atoms with Crippen LogP contribution in [0.4, 0.5) is 0 Å². The number of hydrogen-bond acceptors (Lipinski definition) is 5. The van der Waals surface area contributed by atoms with Crippen LogP contribution in [0.5, 0.6) is 0 Å². The van der Waals surface area contributed by atoms with Gasteiger partial charge in [-0.15, -0.1) is 5.16 Å². The quantitative estimate of drug-likeness (QED) is 0.198. The summed E-state index contributed by atoms with van der Waals surface area (Å²) in [4.78, 5) is 0. The van der Waals surface area contributed by atoms with Crippen LogP contribution < -0.4 is 11.3 Å². The van der Waals surface area contributed by atoms with Crippen molar-refractivity contribution in [3.63, 3.8) is 0 Å². The van der Waals surface area contributed by atoms with Gasteiger partial charge in [-0.3, -0.25) is 0 Å². The fourth-order valence-corrected chi connectivity index (χ4v) is 1.71. The molecule has 0 rings (SSSR count). The van der Waals surface area contributed by atoms with Crippen LogP contribution >= 0.6 is 24.0 Å². The molecule has 4 nitrogen and oxygen atoms in total. The van der Waals surface area contributed by atoms with Gasteiger partial charge < -0.3 is 10.6 Å². The molecule has 0 unspecified atom stereocenters. The number of thioether (sulfide) groups is 1. The van der Waals surface area contributed by atoms with Gasteiger partial charge in [-0.2, -0.15) is 0 Å². The molecule has 64 valence electrons. The smallest absolute Gasteiger partial charge is 0.148 e. The lowest BCUT2D eigenvalue weighted by molar-refractivity contribution is 0.319. The van der Waals surface area contributed by atoms with Gasteiger partial charge in [0.05, 0.1) is 11.0 Å². The Morgan fingerprint density at radius 2 is 2.36 bits per heavy atom. The lowest BCUT2D eigenvalue weighted by Crippen LogP contribution is -2.30. The Hall–Kier alpha value is -0.330. The summed E-state index contributed by atoms with van der Waals surface area (Å²) in [5.41, 5.74) is 2.33. The molecule has 0 heterocycles. The fraction of sp³-hybridized carbons (Fsp3) is 0.600. The summed E-state index contributed by atoms with van der Waals surface area (Å²) < 4.78 is 0.132. The van der Waals surface area contributed by atoms with Crippen molar-refractivity contribution in [3.8, 4) is 0 Å². The summed E-state index contributed by atoms with van der Waals surface area (Å²) in [5, 5.41) is 11.2. The number of oxime groups is 1. The maximum atomic E-state index is 8.25. The minimum Gasteiger partial charge on any atom is -0.411 e. The number of thiocarbonyl (C=S) groups is 1. The Bertz CT molecular complexity index is 169. The topological polar surface area (TPSA) is 70.6 Å². The molecule has 11 heavy (non-hydrogen) atoms. The van der Waals surface area contributed by atoms with Gasteiger partial charge in [0.1, 0.15) is 4.32 Å². The Balaban J connectivity index is 4.01. The third-order valence-electron chi connectivity index (χ3n) is 0.842. The van der Waals surface area contributed by atoms with Crippen LogP contribution in [-0.4, -0.2) is 20.5 Å². The highest BCUT2D eigenvalue weighted by Crippen LogP contribution is 2.22. The van der Waals surface area contributed by atoms with Crippen LogP contribution in [0.3, 0.4) is 0 Å². The SMILES string of the molecule is CC(C)(/C=N/O)SC(=S)NN. The Morgan fingerprint density at radius 3 is 2.73 bits per heavy atom. The van der Waals surface area contributed by atoms with Crippen LogP contribution in [0.2, 0.25) is 0 Å². The summed E-state index contributed by atoms with van der Waals surface area (Å²) in [6, 6.07) is 0. The van der Waals surface area contributed by atoms with Crippen molar-refractivity contribution in [1.29, 1.82) is 0 Å². The van der Waals surface area contributed by atoms with Crippen molar-refractivity contribution < 1.29 is 5.21 Å². The maximum Gasteiger partial charge on any atom is 0.148 e. The van der Waals surface area contributed by atoms with Crippen molar-refractivity contribution in [2.24, 2.45) is 11.0 Å². The molecule has 0 aliphatic rings. The lowest BCUT2D eigenvalue weighted by Gasteiger charge is -2.17. The minimum absolute atomic E-state index is 0.335. The molecular weight excluding hydrogens is 182 g/mol. The van der Waals surface area contributed by atoms with E-state index >= 15 is 0 Å². The predicted octanol–water partition coefficient (Wildman–Crippen LogP) is 0.706. The standard InChI is InChI=1S/C5H11N3OS2/c1-5(2,3-7-9)11-4(10)8-6/h3,9H,6H2,1-2H3,(H,8,10)/b7-3+. The molecule has 0 aromatic carbocycles. The first-order valence-electron chi connectivity index (χ1n) is 2.90. The van der Waals surface area contributed by atoms with Gasteiger partial charge >= 0.3 is 0 Å². The Labute approximate surface area is 75.2 Å². The minimum atomic E-state index is -0.335. The largest absolute Gasteiger partial charge is 0.411 e. The molecule has 4 N–H and O–H groups in total. The molecule has 0 spiro atoms.